The first-order valence-electron chi connectivity index (χ1n) is 15.2. The van der Waals surface area contributed by atoms with E-state index in [4.69, 9.17) is 81.4 Å². The molecule has 52 heavy (non-hydrogen) atoms. The first-order chi connectivity index (χ1) is 25.0. The zero-order valence-electron chi connectivity index (χ0n) is 25.7. The van der Waals surface area contributed by atoms with Crippen molar-refractivity contribution in [2.24, 2.45) is 34.9 Å². The highest BCUT2D eigenvalue weighted by Gasteiger charge is 2.29. The van der Waals surface area contributed by atoms with Gasteiger partial charge < -0.3 is 10.1 Å². The number of nitrogens with one attached hydrogen (secondary N) is 1. The van der Waals surface area contributed by atoms with E-state index in [1.165, 1.54) is 0 Å². The summed E-state index contributed by atoms with van der Waals surface area (Å²) in [5, 5.41) is 9.61. The Morgan fingerprint density at radius 1 is 0.481 bits per heavy atom. The normalized spacial score (nSPS) is 15.6. The molecule has 8 bridgehead atoms. The van der Waals surface area contributed by atoms with Crippen LogP contribution in [0.3, 0.4) is 0 Å². The van der Waals surface area contributed by atoms with Crippen molar-refractivity contribution in [3.8, 4) is 0 Å². The maximum absolute atomic E-state index is 12.2. The topological polar surface area (TPSA) is 174 Å². The minimum absolute atomic E-state index is 0.172. The predicted molar refractivity (Wildman–Crippen MR) is 198 cm³/mol. The Morgan fingerprint density at radius 2 is 0.962 bits per heavy atom. The van der Waals surface area contributed by atoms with Gasteiger partial charge in [-0.15, -0.1) is 0 Å². The molecule has 0 radical (unpaired) electrons. The largest absolute Gasteiger partial charge is 0.498 e. The predicted octanol–water partition coefficient (Wildman–Crippen LogP) is 4.36. The molecule has 4 aromatic carbocycles. The Kier molecular flexibility index (Phi) is 7.28. The highest BCUT2D eigenvalue weighted by molar-refractivity contribution is 6.68. The van der Waals surface area contributed by atoms with Gasteiger partial charge in [-0.05, 0) is 119 Å². The van der Waals surface area contributed by atoms with E-state index in [1.54, 1.807) is 72.8 Å². The third kappa shape index (κ3) is 5.15. The van der Waals surface area contributed by atoms with Crippen LogP contribution in [-0.2, 0) is 0 Å². The Balaban J connectivity index is 1.41. The van der Waals surface area contributed by atoms with E-state index in [1.807, 2.05) is 0 Å². The van der Waals surface area contributed by atoms with Crippen LogP contribution < -0.4 is 21.4 Å². The number of aliphatic hydroxyl groups excluding tert-OH is 1. The Bertz CT molecular complexity index is 3030. The molecule has 5 aromatic rings. The van der Waals surface area contributed by atoms with Gasteiger partial charge in [0.2, 0.25) is 0 Å². The molecular weight excluding hydrogens is 750 g/mol. The van der Waals surface area contributed by atoms with Crippen molar-refractivity contribution < 1.29 is 19.5 Å². The molecule has 9 rings (SSSR count). The summed E-state index contributed by atoms with van der Waals surface area (Å²) >= 11 is 23.6. The number of aromatic nitrogens is 1. The monoisotopic (exact) mass is 762 g/mol. The van der Waals surface area contributed by atoms with Crippen LogP contribution in [0.1, 0.15) is 58.9 Å². The number of fused-ring (bicyclic) bond motifs is 16. The second kappa shape index (κ2) is 11.8. The van der Waals surface area contributed by atoms with Gasteiger partial charge in [-0.25, -0.2) is 34.9 Å². The Labute approximate surface area is 309 Å². The molecule has 250 valence electrons. The van der Waals surface area contributed by atoms with Gasteiger partial charge in [-0.1, -0.05) is 0 Å². The fourth-order valence-corrected chi connectivity index (χ4v) is 6.69. The van der Waals surface area contributed by atoms with Crippen molar-refractivity contribution >= 4 is 113 Å². The molecule has 4 aliphatic heterocycles. The molecular formula is C36H14Cl4N8O4. The van der Waals surface area contributed by atoms with Crippen molar-refractivity contribution in [2.45, 2.75) is 0 Å². The molecule has 0 aliphatic carbocycles. The number of rotatable bonds is 3. The fraction of sp³-hybridized carbons (Fsp3) is 0. The van der Waals surface area contributed by atoms with Crippen molar-refractivity contribution in [1.29, 1.82) is 0 Å². The number of H-pyrrole nitrogens is 1. The number of halogens is 4. The maximum Gasteiger partial charge on any atom is 0.252 e. The molecule has 0 fully saturated rings. The summed E-state index contributed by atoms with van der Waals surface area (Å²) in [5.74, 6) is 1.19. The SMILES string of the molecule is O=C(Cl)c1ccc2c(c1)C1=NC3=NC(=NC4=c5cc/c(=C(/O)Cl)cc5C(=N4)N=c4[nH]c(c5cc(C(=O)Cl)ccc45)=NC2=N1)c1cc(C(=O)Cl)ccc13. The van der Waals surface area contributed by atoms with Gasteiger partial charge in [0.15, 0.2) is 40.2 Å². The minimum Gasteiger partial charge on any atom is -0.498 e. The van der Waals surface area contributed by atoms with Crippen molar-refractivity contribution in [3.63, 3.8) is 0 Å². The summed E-state index contributed by atoms with van der Waals surface area (Å²) < 4.78 is 0. The summed E-state index contributed by atoms with van der Waals surface area (Å²) in [5.41, 5.74) is 3.71. The number of carbonyl (C=O) groups is 3. The van der Waals surface area contributed by atoms with Crippen LogP contribution in [-0.4, -0.2) is 55.0 Å². The van der Waals surface area contributed by atoms with Gasteiger partial charge in [0.1, 0.15) is 11.0 Å². The molecule has 1 aromatic heterocycles. The first-order valence-corrected chi connectivity index (χ1v) is 16.7. The quantitative estimate of drug-likeness (QED) is 0.260. The second-order valence-corrected chi connectivity index (χ2v) is 13.1. The molecule has 0 unspecified atom stereocenters. The van der Waals surface area contributed by atoms with Crippen molar-refractivity contribution in [1.82, 2.24) is 4.98 Å². The molecule has 0 amide bonds. The number of amidine groups is 5. The van der Waals surface area contributed by atoms with Crippen molar-refractivity contribution in [2.75, 3.05) is 0 Å². The minimum atomic E-state index is -0.679. The van der Waals surface area contributed by atoms with Crippen LogP contribution in [0.25, 0.3) is 21.8 Å². The van der Waals surface area contributed by atoms with Crippen LogP contribution >= 0.6 is 46.4 Å². The van der Waals surface area contributed by atoms with E-state index in [2.05, 4.69) is 4.98 Å². The summed E-state index contributed by atoms with van der Waals surface area (Å²) in [4.78, 5) is 73.6. The zero-order valence-corrected chi connectivity index (χ0v) is 28.8. The lowest BCUT2D eigenvalue weighted by Gasteiger charge is -2.03. The fourth-order valence-electron chi connectivity index (χ4n) is 6.22. The maximum atomic E-state index is 12.2. The van der Waals surface area contributed by atoms with Gasteiger partial charge in [-0.2, -0.15) is 0 Å². The lowest BCUT2D eigenvalue weighted by molar-refractivity contribution is 0.107. The van der Waals surface area contributed by atoms with E-state index in [9.17, 15) is 19.5 Å². The zero-order chi connectivity index (χ0) is 36.0. The van der Waals surface area contributed by atoms with Gasteiger partial charge >= 0.3 is 0 Å². The number of carbonyl (C=O) groups excluding carboxylic acids is 3. The molecule has 12 nitrogen and oxygen atoms in total. The van der Waals surface area contributed by atoms with E-state index in [-0.39, 0.29) is 57.2 Å². The highest BCUT2D eigenvalue weighted by atomic mass is 35.5. The molecule has 16 heteroatoms. The summed E-state index contributed by atoms with van der Waals surface area (Å²) in [6, 6.07) is 19.3. The average molecular weight is 764 g/mol. The number of aliphatic hydroxyl groups is 1. The molecule has 0 saturated carbocycles. The van der Waals surface area contributed by atoms with Crippen LogP contribution in [0.5, 0.6) is 0 Å². The summed E-state index contributed by atoms with van der Waals surface area (Å²) in [7, 11) is 0. The Hall–Kier alpha value is -5.92. The third-order valence-corrected chi connectivity index (χ3v) is 9.56. The molecule has 2 N–H and O–H groups in total. The molecule has 0 saturated heterocycles. The lowest BCUT2D eigenvalue weighted by Crippen LogP contribution is -2.19. The molecule has 4 aliphatic rings. The van der Waals surface area contributed by atoms with Crippen LogP contribution in [0.2, 0.25) is 0 Å². The molecule has 5 heterocycles. The van der Waals surface area contributed by atoms with Gasteiger partial charge in [0.05, 0.1) is 0 Å². The number of nitrogens with zero attached hydrogens (tertiary/aromatic N) is 7. The lowest BCUT2D eigenvalue weighted by atomic mass is 10.0. The van der Waals surface area contributed by atoms with E-state index in [0.717, 1.165) is 0 Å². The standard InChI is InChI=1S/C36H14Cl4N8O4/c37-25(49)13-1-5-17-21(9-13)33-41-29(17)45-34-22-10-14(26(38)50)2-6-18(22)31(42-34)47-36-24-12-16(28(40)52)4-8-20(24)32(44-36)48-35-23-11-15(27(39)51)3-7-19(23)30(43-35)46-33/h1-12,49H,(H,41,42,43,44,45,46,47,48)/b25-13-. The van der Waals surface area contributed by atoms with Crippen LogP contribution in [0.15, 0.2) is 108 Å². The molecule has 0 spiro atoms. The number of benzene rings is 4. The van der Waals surface area contributed by atoms with E-state index in [0.29, 0.717) is 54.5 Å². The molecule has 0 atom stereocenters. The number of hydrogen-bond donors (Lipinski definition) is 2. The Morgan fingerprint density at radius 3 is 1.54 bits per heavy atom. The van der Waals surface area contributed by atoms with E-state index < -0.39 is 20.9 Å². The average Bonchev–Trinajstić information content (AvgIpc) is 3.85. The third-order valence-electron chi connectivity index (χ3n) is 8.68. The highest BCUT2D eigenvalue weighted by Crippen LogP contribution is 2.28. The summed E-state index contributed by atoms with van der Waals surface area (Å²) in [6.45, 7) is 0. The van der Waals surface area contributed by atoms with Crippen molar-refractivity contribution in [3.05, 3.63) is 139 Å². The van der Waals surface area contributed by atoms with E-state index >= 15 is 0 Å². The smallest absolute Gasteiger partial charge is 0.252 e. The van der Waals surface area contributed by atoms with Gasteiger partial charge in [-0.3, -0.25) is 14.4 Å². The van der Waals surface area contributed by atoms with Crippen LogP contribution in [0.4, 0.5) is 0 Å². The second-order valence-electron chi connectivity index (χ2n) is 11.7. The van der Waals surface area contributed by atoms with Gasteiger partial charge in [0.25, 0.3) is 15.7 Å². The van der Waals surface area contributed by atoms with Gasteiger partial charge in [0, 0.05) is 65.7 Å². The number of hydrogen-bond acceptors (Lipinski definition) is 11. The summed E-state index contributed by atoms with van der Waals surface area (Å²) in [6.07, 6.45) is 0. The number of aliphatic imine (C=N–C) groups is 5. The van der Waals surface area contributed by atoms with Crippen LogP contribution in [0, 0.1) is 0 Å². The number of aromatic amines is 1. The first kappa shape index (κ1) is 32.0.